The van der Waals surface area contributed by atoms with Crippen LogP contribution in [0, 0.1) is 10.1 Å². The highest BCUT2D eigenvalue weighted by molar-refractivity contribution is 9.10. The molecular formula is C8H7BrClN3O2. The number of hydrogen-bond acceptors (Lipinski definition) is 3. The predicted molar refractivity (Wildman–Crippen MR) is 62.8 cm³/mol. The number of hydrogen-bond donors (Lipinski definition) is 1. The van der Waals surface area contributed by atoms with Crippen molar-refractivity contribution in [3.63, 3.8) is 0 Å². The average Bonchev–Trinajstić information content (AvgIpc) is 2.17. The largest absolute Gasteiger partial charge is 0.386 e. The molecule has 1 rings (SSSR count). The van der Waals surface area contributed by atoms with Crippen molar-refractivity contribution in [2.75, 3.05) is 5.88 Å². The SMILES string of the molecule is NC(CCl)=Nc1cccc(Br)c1[N+](=O)[O-]. The molecule has 0 unspecified atom stereocenters. The number of benzene rings is 1. The molecule has 0 spiro atoms. The minimum Gasteiger partial charge on any atom is -0.386 e. The molecule has 0 aromatic heterocycles. The van der Waals surface area contributed by atoms with E-state index in [1.807, 2.05) is 0 Å². The normalized spacial score (nSPS) is 11.5. The summed E-state index contributed by atoms with van der Waals surface area (Å²) >= 11 is 8.51. The second kappa shape index (κ2) is 5.09. The van der Waals surface area contributed by atoms with Crippen molar-refractivity contribution in [2.24, 2.45) is 10.7 Å². The summed E-state index contributed by atoms with van der Waals surface area (Å²) in [6.45, 7) is 0. The van der Waals surface area contributed by atoms with Gasteiger partial charge < -0.3 is 5.73 Å². The number of aliphatic imine (C=N–C) groups is 1. The summed E-state index contributed by atoms with van der Waals surface area (Å²) in [6.07, 6.45) is 0. The van der Waals surface area contributed by atoms with Crippen molar-refractivity contribution >= 4 is 44.7 Å². The van der Waals surface area contributed by atoms with Crippen LogP contribution in [0.3, 0.4) is 0 Å². The first kappa shape index (κ1) is 11.9. The number of nitro groups is 1. The van der Waals surface area contributed by atoms with Gasteiger partial charge in [-0.3, -0.25) is 10.1 Å². The van der Waals surface area contributed by atoms with Crippen LogP contribution in [0.2, 0.25) is 0 Å². The highest BCUT2D eigenvalue weighted by Gasteiger charge is 2.17. The fourth-order valence-electron chi connectivity index (χ4n) is 0.960. The summed E-state index contributed by atoms with van der Waals surface area (Å²) in [5, 5.41) is 10.7. The van der Waals surface area contributed by atoms with Crippen LogP contribution in [0.1, 0.15) is 0 Å². The highest BCUT2D eigenvalue weighted by Crippen LogP contribution is 2.34. The lowest BCUT2D eigenvalue weighted by Crippen LogP contribution is -2.12. The van der Waals surface area contributed by atoms with Crippen LogP contribution >= 0.6 is 27.5 Å². The fourth-order valence-corrected chi connectivity index (χ4v) is 1.52. The van der Waals surface area contributed by atoms with Crippen LogP contribution in [0.5, 0.6) is 0 Å². The Hall–Kier alpha value is -1.14. The first-order chi connectivity index (χ1) is 7.06. The molecule has 0 saturated heterocycles. The van der Waals surface area contributed by atoms with Crippen LogP contribution in [0.25, 0.3) is 0 Å². The van der Waals surface area contributed by atoms with Crippen LogP contribution in [0.15, 0.2) is 27.7 Å². The molecule has 5 nitrogen and oxygen atoms in total. The molecule has 0 atom stereocenters. The number of halogens is 2. The van der Waals surface area contributed by atoms with E-state index in [-0.39, 0.29) is 23.1 Å². The molecule has 0 aliphatic carbocycles. The monoisotopic (exact) mass is 291 g/mol. The Morgan fingerprint density at radius 3 is 2.87 bits per heavy atom. The molecule has 0 radical (unpaired) electrons. The zero-order valence-corrected chi connectivity index (χ0v) is 9.83. The van der Waals surface area contributed by atoms with Gasteiger partial charge in [-0.2, -0.15) is 0 Å². The number of nitrogens with zero attached hydrogens (tertiary/aromatic N) is 2. The van der Waals surface area contributed by atoms with Crippen molar-refractivity contribution < 1.29 is 4.92 Å². The fraction of sp³-hybridized carbons (Fsp3) is 0.125. The van der Waals surface area contributed by atoms with E-state index in [1.54, 1.807) is 12.1 Å². The molecule has 2 N–H and O–H groups in total. The molecule has 0 fully saturated rings. The van der Waals surface area contributed by atoms with Crippen molar-refractivity contribution in [1.29, 1.82) is 0 Å². The zero-order valence-electron chi connectivity index (χ0n) is 7.48. The van der Waals surface area contributed by atoms with Gasteiger partial charge in [0.2, 0.25) is 0 Å². The van der Waals surface area contributed by atoms with E-state index in [9.17, 15) is 10.1 Å². The lowest BCUT2D eigenvalue weighted by molar-refractivity contribution is -0.384. The van der Waals surface area contributed by atoms with Crippen molar-refractivity contribution in [2.45, 2.75) is 0 Å². The Bertz CT molecular complexity index is 422. The molecular weight excluding hydrogens is 285 g/mol. The van der Waals surface area contributed by atoms with E-state index in [2.05, 4.69) is 20.9 Å². The van der Waals surface area contributed by atoms with Crippen LogP contribution in [0.4, 0.5) is 11.4 Å². The third-order valence-electron chi connectivity index (χ3n) is 1.55. The second-order valence-corrected chi connectivity index (χ2v) is 3.72. The van der Waals surface area contributed by atoms with Crippen molar-refractivity contribution in [3.8, 4) is 0 Å². The maximum absolute atomic E-state index is 10.7. The summed E-state index contributed by atoms with van der Waals surface area (Å²) in [6, 6.07) is 4.70. The first-order valence-corrected chi connectivity index (χ1v) is 5.21. The summed E-state index contributed by atoms with van der Waals surface area (Å²) in [7, 11) is 0. The smallest absolute Gasteiger partial charge is 0.308 e. The highest BCUT2D eigenvalue weighted by atomic mass is 79.9. The standard InChI is InChI=1S/C8H7BrClN3O2/c9-5-2-1-3-6(8(5)13(14)15)12-7(11)4-10/h1-3H,4H2,(H2,11,12). The molecule has 15 heavy (non-hydrogen) atoms. The third kappa shape index (κ3) is 2.90. The maximum Gasteiger partial charge on any atom is 0.308 e. The van der Waals surface area contributed by atoms with Crippen LogP contribution in [-0.4, -0.2) is 16.6 Å². The van der Waals surface area contributed by atoms with E-state index in [1.165, 1.54) is 6.07 Å². The molecule has 80 valence electrons. The van der Waals surface area contributed by atoms with Gasteiger partial charge in [-0.05, 0) is 28.1 Å². The van der Waals surface area contributed by atoms with E-state index in [0.29, 0.717) is 4.47 Å². The zero-order chi connectivity index (χ0) is 11.4. The Labute approximate surface area is 99.2 Å². The number of para-hydroxylation sites is 1. The summed E-state index contributed by atoms with van der Waals surface area (Å²) in [5.74, 6) is 0.168. The van der Waals surface area contributed by atoms with Gasteiger partial charge in [0, 0.05) is 0 Å². The quantitative estimate of drug-likeness (QED) is 0.306. The number of nitrogens with two attached hydrogens (primary N) is 1. The Morgan fingerprint density at radius 1 is 1.67 bits per heavy atom. The molecule has 0 aliphatic rings. The van der Waals surface area contributed by atoms with E-state index in [0.717, 1.165) is 0 Å². The van der Waals surface area contributed by atoms with Gasteiger partial charge in [0.15, 0.2) is 0 Å². The van der Waals surface area contributed by atoms with Gasteiger partial charge in [-0.1, -0.05) is 6.07 Å². The third-order valence-corrected chi connectivity index (χ3v) is 2.46. The average molecular weight is 293 g/mol. The van der Waals surface area contributed by atoms with Crippen molar-refractivity contribution in [3.05, 3.63) is 32.8 Å². The molecule has 0 saturated carbocycles. The molecule has 0 bridgehead atoms. The van der Waals surface area contributed by atoms with Gasteiger partial charge in [-0.25, -0.2) is 4.99 Å². The minimum atomic E-state index is -0.523. The lowest BCUT2D eigenvalue weighted by Gasteiger charge is -2.00. The van der Waals surface area contributed by atoms with Gasteiger partial charge >= 0.3 is 5.69 Å². The van der Waals surface area contributed by atoms with Gasteiger partial charge in [-0.15, -0.1) is 11.6 Å². The number of rotatable bonds is 3. The maximum atomic E-state index is 10.7. The molecule has 7 heteroatoms. The molecule has 1 aromatic rings. The molecule has 0 aliphatic heterocycles. The van der Waals surface area contributed by atoms with E-state index in [4.69, 9.17) is 17.3 Å². The van der Waals surface area contributed by atoms with E-state index < -0.39 is 4.92 Å². The topological polar surface area (TPSA) is 81.5 Å². The van der Waals surface area contributed by atoms with Gasteiger partial charge in [0.25, 0.3) is 0 Å². The Balaban J connectivity index is 3.29. The first-order valence-electron chi connectivity index (χ1n) is 3.88. The summed E-state index contributed by atoms with van der Waals surface area (Å²) in [4.78, 5) is 14.1. The number of alkyl halides is 1. The minimum absolute atomic E-state index is 0.0314. The van der Waals surface area contributed by atoms with Gasteiger partial charge in [0.05, 0.1) is 15.3 Å². The predicted octanol–water partition coefficient (Wildman–Crippen LogP) is 2.58. The van der Waals surface area contributed by atoms with Gasteiger partial charge in [0.1, 0.15) is 11.5 Å². The van der Waals surface area contributed by atoms with Crippen LogP contribution < -0.4 is 5.73 Å². The van der Waals surface area contributed by atoms with Crippen molar-refractivity contribution in [1.82, 2.24) is 0 Å². The molecule has 1 aromatic carbocycles. The summed E-state index contributed by atoms with van der Waals surface area (Å²) in [5.41, 5.74) is 5.47. The Morgan fingerprint density at radius 2 is 2.33 bits per heavy atom. The summed E-state index contributed by atoms with van der Waals surface area (Å²) < 4.78 is 0.358. The molecule has 0 heterocycles. The molecule has 0 amide bonds. The Kier molecular flexibility index (Phi) is 4.05. The lowest BCUT2D eigenvalue weighted by atomic mass is 10.3. The van der Waals surface area contributed by atoms with E-state index >= 15 is 0 Å². The second-order valence-electron chi connectivity index (χ2n) is 2.60. The number of amidine groups is 1. The van der Waals surface area contributed by atoms with Crippen LogP contribution in [-0.2, 0) is 0 Å². The number of nitro benzene ring substituents is 1.